The molecular formula is C17H25N2O3Rb. The van der Waals surface area contributed by atoms with E-state index in [-0.39, 0.29) is 70.5 Å². The summed E-state index contributed by atoms with van der Waals surface area (Å²) in [6.45, 7) is 9.88. The van der Waals surface area contributed by atoms with E-state index in [4.69, 9.17) is 0 Å². The van der Waals surface area contributed by atoms with Crippen LogP contribution in [0.1, 0.15) is 56.5 Å². The van der Waals surface area contributed by atoms with Gasteiger partial charge in [-0.1, -0.05) is 57.5 Å². The maximum absolute atomic E-state index is 11.9. The van der Waals surface area contributed by atoms with E-state index in [2.05, 4.69) is 10.6 Å². The molecule has 0 spiro atoms. The number of hydrogen-bond acceptors (Lipinski definition) is 3. The van der Waals surface area contributed by atoms with E-state index in [1.165, 1.54) is 0 Å². The van der Waals surface area contributed by atoms with Crippen LogP contribution in [0, 0.1) is 6.92 Å². The molecule has 122 valence electrons. The number of carbonyl (C=O) groups excluding carboxylic acids is 3. The number of rotatable bonds is 2. The molecule has 1 aliphatic heterocycles. The van der Waals surface area contributed by atoms with Gasteiger partial charge in [0.15, 0.2) is 0 Å². The van der Waals surface area contributed by atoms with Crippen molar-refractivity contribution < 1.29 is 72.6 Å². The summed E-state index contributed by atoms with van der Waals surface area (Å²) in [6, 6.07) is 6.27. The molecule has 0 aliphatic carbocycles. The smallest absolute Gasteiger partial charge is 0.639 e. The van der Waals surface area contributed by atoms with Crippen LogP contribution in [0.5, 0.6) is 0 Å². The number of amides is 3. The molecule has 1 aromatic rings. The van der Waals surface area contributed by atoms with Gasteiger partial charge in [-0.15, -0.1) is 0 Å². The predicted octanol–water partition coefficient (Wildman–Crippen LogP) is 0.371. The number of nitrogens with one attached hydrogen (secondary N) is 1. The molecule has 1 saturated heterocycles. The Labute approximate surface area is 187 Å². The quantitative estimate of drug-likeness (QED) is 0.741. The summed E-state index contributed by atoms with van der Waals surface area (Å²) in [6.07, 6.45) is 0.517. The van der Waals surface area contributed by atoms with E-state index in [1.807, 2.05) is 40.7 Å². The van der Waals surface area contributed by atoms with Gasteiger partial charge in [0.2, 0.25) is 11.8 Å². The largest absolute Gasteiger partial charge is 1.00 e. The Bertz CT molecular complexity index is 518. The maximum Gasteiger partial charge on any atom is 1.00 e. The van der Waals surface area contributed by atoms with Crippen LogP contribution in [0.25, 0.3) is 5.32 Å². The first kappa shape index (κ1) is 24.9. The normalized spacial score (nSPS) is 15.6. The van der Waals surface area contributed by atoms with E-state index >= 15 is 0 Å². The molecule has 1 aromatic carbocycles. The van der Waals surface area contributed by atoms with Crippen LogP contribution in [0.4, 0.5) is 0 Å². The number of aryl methyl sites for hydroxylation is 1. The zero-order chi connectivity index (χ0) is 17.1. The molecule has 1 atom stereocenters. The van der Waals surface area contributed by atoms with Gasteiger partial charge in [0.05, 0.1) is 5.91 Å². The molecule has 6 heteroatoms. The van der Waals surface area contributed by atoms with Crippen molar-refractivity contribution in [2.45, 2.75) is 53.5 Å². The number of piperidine rings is 1. The Morgan fingerprint density at radius 2 is 1.78 bits per heavy atom. The second-order valence-electron chi connectivity index (χ2n) is 4.27. The van der Waals surface area contributed by atoms with Crippen LogP contribution in [0.15, 0.2) is 24.3 Å². The fourth-order valence-corrected chi connectivity index (χ4v) is 1.80. The van der Waals surface area contributed by atoms with Crippen molar-refractivity contribution >= 4 is 17.7 Å². The van der Waals surface area contributed by atoms with E-state index < -0.39 is 17.9 Å². The third-order valence-electron chi connectivity index (χ3n) is 2.75. The number of carbonyl (C=O) groups is 3. The Morgan fingerprint density at radius 3 is 2.30 bits per heavy atom. The first-order valence-electron chi connectivity index (χ1n) is 7.72. The molecule has 0 radical (unpaired) electrons. The van der Waals surface area contributed by atoms with Gasteiger partial charge in [0.1, 0.15) is 0 Å². The number of imide groups is 1. The van der Waals surface area contributed by atoms with E-state index in [0.29, 0.717) is 12.0 Å². The summed E-state index contributed by atoms with van der Waals surface area (Å²) < 4.78 is 0. The van der Waals surface area contributed by atoms with Crippen molar-refractivity contribution in [3.05, 3.63) is 40.7 Å². The molecule has 2 rings (SSSR count). The molecule has 3 amide bonds. The molecule has 1 heterocycles. The van der Waals surface area contributed by atoms with Crippen molar-refractivity contribution in [2.75, 3.05) is 0 Å². The van der Waals surface area contributed by atoms with E-state index in [9.17, 15) is 14.4 Å². The monoisotopic (exact) mass is 390 g/mol. The van der Waals surface area contributed by atoms with Crippen LogP contribution in [0.2, 0.25) is 0 Å². The second kappa shape index (κ2) is 14.0. The van der Waals surface area contributed by atoms with Gasteiger partial charge >= 0.3 is 58.2 Å². The molecule has 1 aliphatic rings. The topological polar surface area (TPSA) is 77.3 Å². The summed E-state index contributed by atoms with van der Waals surface area (Å²) in [5.74, 6) is -1.23. The van der Waals surface area contributed by atoms with E-state index in [1.54, 1.807) is 18.2 Å². The molecule has 0 saturated carbocycles. The average molecular weight is 391 g/mol. The molecule has 0 bridgehead atoms. The third-order valence-corrected chi connectivity index (χ3v) is 2.75. The van der Waals surface area contributed by atoms with Crippen LogP contribution in [-0.2, 0) is 9.59 Å². The molecule has 23 heavy (non-hydrogen) atoms. The van der Waals surface area contributed by atoms with Gasteiger partial charge in [-0.2, -0.15) is 0 Å². The predicted molar refractivity (Wildman–Crippen MR) is 87.7 cm³/mol. The van der Waals surface area contributed by atoms with Crippen molar-refractivity contribution in [3.63, 3.8) is 0 Å². The molecule has 1 unspecified atom stereocenters. The van der Waals surface area contributed by atoms with Crippen LogP contribution < -0.4 is 63.5 Å². The van der Waals surface area contributed by atoms with Gasteiger partial charge in [-0.3, -0.25) is 14.9 Å². The van der Waals surface area contributed by atoms with Crippen LogP contribution >= 0.6 is 0 Å². The minimum Gasteiger partial charge on any atom is -0.639 e. The van der Waals surface area contributed by atoms with Gasteiger partial charge in [0.25, 0.3) is 0 Å². The van der Waals surface area contributed by atoms with E-state index in [0.717, 1.165) is 5.56 Å². The number of nitrogens with zero attached hydrogens (tertiary/aromatic N) is 1. The fraction of sp³-hybridized carbons (Fsp3) is 0.471. The van der Waals surface area contributed by atoms with Gasteiger partial charge in [-0.25, -0.2) is 0 Å². The summed E-state index contributed by atoms with van der Waals surface area (Å²) in [7, 11) is 0. The van der Waals surface area contributed by atoms with Crippen molar-refractivity contribution in [3.8, 4) is 0 Å². The molecule has 1 fully saturated rings. The average Bonchev–Trinajstić information content (AvgIpc) is 2.54. The Kier molecular flexibility index (Phi) is 15.2. The third kappa shape index (κ3) is 8.89. The van der Waals surface area contributed by atoms with Crippen LogP contribution in [0.3, 0.4) is 0 Å². The molecule has 1 N–H and O–H groups in total. The molecule has 5 nitrogen and oxygen atoms in total. The van der Waals surface area contributed by atoms with Gasteiger partial charge in [-0.05, 0) is 24.9 Å². The summed E-state index contributed by atoms with van der Waals surface area (Å²) in [5, 5.41) is 6.03. The van der Waals surface area contributed by atoms with Crippen molar-refractivity contribution in [2.24, 2.45) is 0 Å². The first-order valence-corrected chi connectivity index (χ1v) is 7.72. The maximum atomic E-state index is 11.9. The van der Waals surface area contributed by atoms with Crippen LogP contribution in [-0.4, -0.2) is 23.8 Å². The summed E-state index contributed by atoms with van der Waals surface area (Å²) >= 11 is 0. The fourth-order valence-electron chi connectivity index (χ4n) is 1.80. The molecular weight excluding hydrogens is 366 g/mol. The Balaban J connectivity index is 0. The first-order chi connectivity index (χ1) is 10.6. The number of benzene rings is 1. The van der Waals surface area contributed by atoms with Gasteiger partial charge in [0, 0.05) is 6.42 Å². The summed E-state index contributed by atoms with van der Waals surface area (Å²) in [5.41, 5.74) is 1.42. The van der Waals surface area contributed by atoms with Gasteiger partial charge < -0.3 is 10.1 Å². The van der Waals surface area contributed by atoms with Crippen molar-refractivity contribution in [1.82, 2.24) is 5.32 Å². The molecule has 0 aromatic heterocycles. The minimum atomic E-state index is -0.754. The SMILES string of the molecule is CC.CC.Cc1cccc(C(=O)[N-]C2CCC(=O)NC2=O)c1.[Rb+]. The van der Waals surface area contributed by atoms with Crippen molar-refractivity contribution in [1.29, 1.82) is 0 Å². The zero-order valence-electron chi connectivity index (χ0n) is 15.0. The second-order valence-corrected chi connectivity index (χ2v) is 4.27. The summed E-state index contributed by atoms with van der Waals surface area (Å²) in [4.78, 5) is 34.3. The standard InChI is InChI=1S/C13H14N2O3.2C2H6.Rb/c1-8-3-2-4-9(7-8)12(17)14-10-5-6-11(16)15-13(10)18;2*1-2;/h2-4,7,10H,5-6H2,1H3,(H2,14,15,16,17,18);2*1-2H3;/q;;;+1/p-1. The Hall–Kier alpha value is -0.365. The number of hydrogen-bond donors (Lipinski definition) is 1. The zero-order valence-corrected chi connectivity index (χ0v) is 19.9. The Morgan fingerprint density at radius 1 is 1.17 bits per heavy atom. The minimum absolute atomic E-state index is 0.